The molecule has 0 radical (unpaired) electrons. The van der Waals surface area contributed by atoms with Crippen molar-refractivity contribution in [1.29, 1.82) is 0 Å². The first-order chi connectivity index (χ1) is 8.95. The first kappa shape index (κ1) is 12.7. The maximum atomic E-state index is 10.0. The molecule has 1 N–H and O–H groups in total. The predicted molar refractivity (Wildman–Crippen MR) is 79.8 cm³/mol. The molecule has 19 heavy (non-hydrogen) atoms. The van der Waals surface area contributed by atoms with Gasteiger partial charge in [0.25, 0.3) is 0 Å². The van der Waals surface area contributed by atoms with Crippen molar-refractivity contribution < 1.29 is 9.52 Å². The van der Waals surface area contributed by atoms with Crippen LogP contribution in [0.4, 0.5) is 0 Å². The molecule has 1 aromatic carbocycles. The Kier molecular flexibility index (Phi) is 2.93. The highest BCUT2D eigenvalue weighted by Gasteiger charge is 2.19. The molecular formula is C15H13ClO2S. The van der Waals surface area contributed by atoms with E-state index in [1.54, 1.807) is 31.4 Å². The average Bonchev–Trinajstić information content (AvgIpc) is 2.96. The molecule has 3 aromatic rings. The Morgan fingerprint density at radius 1 is 1.21 bits per heavy atom. The Morgan fingerprint density at radius 2 is 2.00 bits per heavy atom. The summed E-state index contributed by atoms with van der Waals surface area (Å²) < 4.78 is 5.33. The van der Waals surface area contributed by atoms with Crippen molar-refractivity contribution in [1.82, 2.24) is 0 Å². The van der Waals surface area contributed by atoms with Gasteiger partial charge in [-0.25, -0.2) is 0 Å². The highest BCUT2D eigenvalue weighted by molar-refractivity contribution is 7.15. The zero-order valence-corrected chi connectivity index (χ0v) is 12.2. The minimum absolute atomic E-state index is 0.607. The van der Waals surface area contributed by atoms with Gasteiger partial charge in [-0.2, -0.15) is 0 Å². The quantitative estimate of drug-likeness (QED) is 0.717. The number of rotatable bonds is 2. The molecule has 0 fully saturated rings. The van der Waals surface area contributed by atoms with Crippen LogP contribution in [-0.2, 0) is 5.60 Å². The Balaban J connectivity index is 2.11. The van der Waals surface area contributed by atoms with E-state index in [0.29, 0.717) is 10.6 Å². The molecule has 0 spiro atoms. The van der Waals surface area contributed by atoms with Crippen molar-refractivity contribution in [2.45, 2.75) is 19.4 Å². The maximum Gasteiger partial charge on any atom is 0.152 e. The zero-order valence-electron chi connectivity index (χ0n) is 10.6. The molecular weight excluding hydrogens is 280 g/mol. The van der Waals surface area contributed by atoms with Crippen molar-refractivity contribution in [3.8, 4) is 10.4 Å². The van der Waals surface area contributed by atoms with Gasteiger partial charge in [0, 0.05) is 15.1 Å². The van der Waals surface area contributed by atoms with Crippen molar-refractivity contribution in [3.05, 3.63) is 46.5 Å². The van der Waals surface area contributed by atoms with Gasteiger partial charge in [-0.3, -0.25) is 0 Å². The first-order valence-corrected chi connectivity index (χ1v) is 7.14. The Labute approximate surface area is 120 Å². The molecule has 2 heterocycles. The first-order valence-electron chi connectivity index (χ1n) is 5.95. The summed E-state index contributed by atoms with van der Waals surface area (Å²) in [5, 5.41) is 11.6. The van der Waals surface area contributed by atoms with Gasteiger partial charge in [-0.05, 0) is 49.7 Å². The van der Waals surface area contributed by atoms with Crippen LogP contribution < -0.4 is 0 Å². The number of halogens is 1. The molecule has 0 aliphatic heterocycles. The third-order valence-corrected chi connectivity index (χ3v) is 4.73. The number of hydrogen-bond acceptors (Lipinski definition) is 3. The van der Waals surface area contributed by atoms with Crippen molar-refractivity contribution in [2.24, 2.45) is 0 Å². The summed E-state index contributed by atoms with van der Waals surface area (Å²) in [5.41, 5.74) is 0.941. The van der Waals surface area contributed by atoms with E-state index < -0.39 is 5.60 Å². The molecule has 0 saturated heterocycles. The minimum Gasteiger partial charge on any atom is -0.463 e. The third kappa shape index (κ3) is 2.29. The summed E-state index contributed by atoms with van der Waals surface area (Å²) >= 11 is 7.79. The SMILES string of the molecule is CC(C)(O)c1ccc(-c2cc(Cl)c3occc3c2)s1. The van der Waals surface area contributed by atoms with Crippen LogP contribution >= 0.6 is 22.9 Å². The summed E-state index contributed by atoms with van der Waals surface area (Å²) in [5.74, 6) is 0. The highest BCUT2D eigenvalue weighted by Crippen LogP contribution is 2.37. The van der Waals surface area contributed by atoms with E-state index in [4.69, 9.17) is 16.0 Å². The number of thiophene rings is 1. The molecule has 0 bridgehead atoms. The second-order valence-electron chi connectivity index (χ2n) is 5.02. The number of furan rings is 1. The Morgan fingerprint density at radius 3 is 2.68 bits per heavy atom. The van der Waals surface area contributed by atoms with Gasteiger partial charge >= 0.3 is 0 Å². The summed E-state index contributed by atoms with van der Waals surface area (Å²) in [4.78, 5) is 2.02. The lowest BCUT2D eigenvalue weighted by atomic mass is 10.1. The second-order valence-corrected chi connectivity index (χ2v) is 6.51. The molecule has 0 unspecified atom stereocenters. The van der Waals surface area contributed by atoms with Crippen LogP contribution in [0.1, 0.15) is 18.7 Å². The number of fused-ring (bicyclic) bond motifs is 1. The van der Waals surface area contributed by atoms with Crippen LogP contribution in [0.15, 0.2) is 41.0 Å². The number of benzene rings is 1. The zero-order chi connectivity index (χ0) is 13.6. The van der Waals surface area contributed by atoms with Crippen LogP contribution in [0.5, 0.6) is 0 Å². The molecule has 0 atom stereocenters. The molecule has 0 aliphatic rings. The smallest absolute Gasteiger partial charge is 0.152 e. The van der Waals surface area contributed by atoms with Crippen LogP contribution in [0.2, 0.25) is 5.02 Å². The molecule has 0 aliphatic carbocycles. The van der Waals surface area contributed by atoms with Gasteiger partial charge in [0.05, 0.1) is 16.9 Å². The fraction of sp³-hybridized carbons (Fsp3) is 0.200. The van der Waals surface area contributed by atoms with E-state index in [0.717, 1.165) is 20.7 Å². The van der Waals surface area contributed by atoms with E-state index in [9.17, 15) is 5.11 Å². The van der Waals surface area contributed by atoms with Crippen molar-refractivity contribution >= 4 is 33.9 Å². The van der Waals surface area contributed by atoms with Crippen LogP contribution in [0.25, 0.3) is 21.4 Å². The monoisotopic (exact) mass is 292 g/mol. The summed E-state index contributed by atoms with van der Waals surface area (Å²) in [6.45, 7) is 3.57. The highest BCUT2D eigenvalue weighted by atomic mass is 35.5. The summed E-state index contributed by atoms with van der Waals surface area (Å²) in [6, 6.07) is 9.80. The van der Waals surface area contributed by atoms with E-state index in [2.05, 4.69) is 0 Å². The van der Waals surface area contributed by atoms with Gasteiger partial charge in [-0.15, -0.1) is 11.3 Å². The van der Waals surface area contributed by atoms with Gasteiger partial charge in [0.15, 0.2) is 5.58 Å². The van der Waals surface area contributed by atoms with Gasteiger partial charge in [0.1, 0.15) is 0 Å². The normalized spacial score (nSPS) is 12.2. The molecule has 2 nitrogen and oxygen atoms in total. The molecule has 4 heteroatoms. The van der Waals surface area contributed by atoms with Crippen molar-refractivity contribution in [3.63, 3.8) is 0 Å². The molecule has 3 rings (SSSR count). The standard InChI is InChI=1S/C15H13ClO2S/c1-15(2,17)13-4-3-12(19-13)10-7-9-5-6-18-14(9)11(16)8-10/h3-8,17H,1-2H3. The minimum atomic E-state index is -0.813. The lowest BCUT2D eigenvalue weighted by Crippen LogP contribution is -2.12. The summed E-state index contributed by atoms with van der Waals surface area (Å²) in [7, 11) is 0. The Bertz CT molecular complexity index is 734. The lowest BCUT2D eigenvalue weighted by Gasteiger charge is -2.14. The largest absolute Gasteiger partial charge is 0.463 e. The number of aliphatic hydroxyl groups is 1. The fourth-order valence-corrected chi connectivity index (χ4v) is 3.27. The molecule has 2 aromatic heterocycles. The van der Waals surface area contributed by atoms with Crippen molar-refractivity contribution in [2.75, 3.05) is 0 Å². The topological polar surface area (TPSA) is 33.4 Å². The van der Waals surface area contributed by atoms with Crippen LogP contribution in [-0.4, -0.2) is 5.11 Å². The Hall–Kier alpha value is -1.29. The maximum absolute atomic E-state index is 10.0. The van der Waals surface area contributed by atoms with Gasteiger partial charge in [0.2, 0.25) is 0 Å². The molecule has 0 amide bonds. The molecule has 0 saturated carbocycles. The van der Waals surface area contributed by atoms with E-state index in [-0.39, 0.29) is 0 Å². The number of hydrogen-bond donors (Lipinski definition) is 1. The third-order valence-electron chi connectivity index (χ3n) is 3.00. The lowest BCUT2D eigenvalue weighted by molar-refractivity contribution is 0.0825. The van der Waals surface area contributed by atoms with Crippen LogP contribution in [0, 0.1) is 0 Å². The van der Waals surface area contributed by atoms with E-state index in [1.165, 1.54) is 0 Å². The van der Waals surface area contributed by atoms with E-state index >= 15 is 0 Å². The van der Waals surface area contributed by atoms with Crippen LogP contribution in [0.3, 0.4) is 0 Å². The fourth-order valence-electron chi connectivity index (χ4n) is 2.00. The predicted octanol–water partition coefficient (Wildman–Crippen LogP) is 5.04. The van der Waals surface area contributed by atoms with Gasteiger partial charge in [-0.1, -0.05) is 11.6 Å². The molecule has 98 valence electrons. The average molecular weight is 293 g/mol. The summed E-state index contributed by atoms with van der Waals surface area (Å²) in [6.07, 6.45) is 1.64. The van der Waals surface area contributed by atoms with E-state index in [1.807, 2.05) is 30.3 Å². The second kappa shape index (κ2) is 4.37. The van der Waals surface area contributed by atoms with Gasteiger partial charge < -0.3 is 9.52 Å².